The van der Waals surface area contributed by atoms with Gasteiger partial charge in [-0.05, 0) is 47.7 Å². The SMILES string of the molecule is COc1ccc(-n2nnnc2[C@H]2c3c(cc4c(c3OC)OCO4)CCN2C)c(OC)c1. The largest absolute Gasteiger partial charge is 0.497 e. The molecule has 0 aliphatic carbocycles. The third-order valence-corrected chi connectivity index (χ3v) is 5.75. The van der Waals surface area contributed by atoms with Gasteiger partial charge in [-0.2, -0.15) is 4.68 Å². The minimum Gasteiger partial charge on any atom is -0.497 e. The van der Waals surface area contributed by atoms with Gasteiger partial charge in [-0.3, -0.25) is 4.90 Å². The molecule has 2 aromatic carbocycles. The van der Waals surface area contributed by atoms with Gasteiger partial charge in [-0.15, -0.1) is 5.10 Å². The first-order valence-corrected chi connectivity index (χ1v) is 9.86. The van der Waals surface area contributed by atoms with Crippen LogP contribution >= 0.6 is 0 Å². The Morgan fingerprint density at radius 2 is 1.94 bits per heavy atom. The van der Waals surface area contributed by atoms with Crippen LogP contribution < -0.4 is 23.7 Å². The predicted molar refractivity (Wildman–Crippen MR) is 110 cm³/mol. The standard InChI is InChI=1S/C21H23N5O5/c1-25-8-7-12-9-16-19(31-11-30-16)20(29-4)17(12)18(25)21-22-23-24-26(21)14-6-5-13(27-2)10-15(14)28-3/h5-6,9-10,18H,7-8,11H2,1-4H3/t18-/m1/s1. The smallest absolute Gasteiger partial charge is 0.231 e. The van der Waals surface area contributed by atoms with Crippen molar-refractivity contribution in [1.29, 1.82) is 0 Å². The van der Waals surface area contributed by atoms with Crippen molar-refractivity contribution in [3.05, 3.63) is 41.2 Å². The van der Waals surface area contributed by atoms with E-state index < -0.39 is 0 Å². The van der Waals surface area contributed by atoms with E-state index in [0.717, 1.165) is 24.1 Å². The fourth-order valence-electron chi connectivity index (χ4n) is 4.26. The maximum Gasteiger partial charge on any atom is 0.231 e. The second-order valence-corrected chi connectivity index (χ2v) is 7.34. The third kappa shape index (κ3) is 3.02. The van der Waals surface area contributed by atoms with Gasteiger partial charge in [0.2, 0.25) is 12.5 Å². The monoisotopic (exact) mass is 425 g/mol. The molecule has 2 aliphatic rings. The number of hydrogen-bond acceptors (Lipinski definition) is 9. The number of nitrogens with zero attached hydrogens (tertiary/aromatic N) is 5. The Kier molecular flexibility index (Phi) is 4.78. The van der Waals surface area contributed by atoms with Crippen LogP contribution in [-0.2, 0) is 6.42 Å². The molecule has 1 aromatic heterocycles. The van der Waals surface area contributed by atoms with E-state index in [4.69, 9.17) is 23.7 Å². The summed E-state index contributed by atoms with van der Waals surface area (Å²) < 4.78 is 29.7. The van der Waals surface area contributed by atoms with Crippen molar-refractivity contribution in [3.63, 3.8) is 0 Å². The van der Waals surface area contributed by atoms with Crippen molar-refractivity contribution in [1.82, 2.24) is 25.1 Å². The highest BCUT2D eigenvalue weighted by Crippen LogP contribution is 2.50. The van der Waals surface area contributed by atoms with Gasteiger partial charge in [-0.25, -0.2) is 0 Å². The summed E-state index contributed by atoms with van der Waals surface area (Å²) in [5.74, 6) is 3.90. The summed E-state index contributed by atoms with van der Waals surface area (Å²) in [5, 5.41) is 12.7. The van der Waals surface area contributed by atoms with Crippen LogP contribution in [-0.4, -0.2) is 66.8 Å². The first-order valence-electron chi connectivity index (χ1n) is 9.86. The van der Waals surface area contributed by atoms with E-state index in [-0.39, 0.29) is 12.8 Å². The molecule has 1 atom stereocenters. The topological polar surface area (TPSA) is 93.0 Å². The fraction of sp³-hybridized carbons (Fsp3) is 0.381. The lowest BCUT2D eigenvalue weighted by atomic mass is 9.90. The maximum atomic E-state index is 5.80. The number of ether oxygens (including phenoxy) is 5. The molecule has 2 aliphatic heterocycles. The van der Waals surface area contributed by atoms with E-state index >= 15 is 0 Å². The molecule has 31 heavy (non-hydrogen) atoms. The van der Waals surface area contributed by atoms with Crippen molar-refractivity contribution in [2.24, 2.45) is 0 Å². The lowest BCUT2D eigenvalue weighted by Gasteiger charge is -2.34. The van der Waals surface area contributed by atoms with Gasteiger partial charge in [0.1, 0.15) is 23.2 Å². The van der Waals surface area contributed by atoms with Crippen LogP contribution in [0.15, 0.2) is 24.3 Å². The molecule has 0 bridgehead atoms. The highest BCUT2D eigenvalue weighted by molar-refractivity contribution is 5.63. The average Bonchev–Trinajstić information content (AvgIpc) is 3.46. The first kappa shape index (κ1) is 19.4. The second-order valence-electron chi connectivity index (χ2n) is 7.34. The summed E-state index contributed by atoms with van der Waals surface area (Å²) in [5.41, 5.74) is 2.81. The summed E-state index contributed by atoms with van der Waals surface area (Å²) in [7, 11) is 6.90. The van der Waals surface area contributed by atoms with E-state index in [1.807, 2.05) is 25.2 Å². The lowest BCUT2D eigenvalue weighted by molar-refractivity contribution is 0.170. The molecule has 3 aromatic rings. The van der Waals surface area contributed by atoms with E-state index in [9.17, 15) is 0 Å². The molecule has 0 fully saturated rings. The summed E-state index contributed by atoms with van der Waals surface area (Å²) in [6.45, 7) is 1.00. The zero-order valence-electron chi connectivity index (χ0n) is 17.8. The van der Waals surface area contributed by atoms with Crippen molar-refractivity contribution in [3.8, 4) is 34.4 Å². The predicted octanol–water partition coefficient (Wildman–Crippen LogP) is 1.99. The van der Waals surface area contributed by atoms with Crippen LogP contribution in [0.2, 0.25) is 0 Å². The minimum atomic E-state index is -0.255. The molecule has 0 unspecified atom stereocenters. The number of fused-ring (bicyclic) bond motifs is 2. The van der Waals surface area contributed by atoms with Crippen LogP contribution in [0.4, 0.5) is 0 Å². The quantitative estimate of drug-likeness (QED) is 0.608. The van der Waals surface area contributed by atoms with Gasteiger partial charge >= 0.3 is 0 Å². The highest BCUT2D eigenvalue weighted by atomic mass is 16.7. The average molecular weight is 425 g/mol. The van der Waals surface area contributed by atoms with E-state index in [0.29, 0.717) is 40.3 Å². The first-order chi connectivity index (χ1) is 15.2. The molecule has 0 amide bonds. The van der Waals surface area contributed by atoms with Gasteiger partial charge in [0, 0.05) is 18.2 Å². The van der Waals surface area contributed by atoms with Crippen molar-refractivity contribution in [2.75, 3.05) is 41.7 Å². The number of benzene rings is 2. The van der Waals surface area contributed by atoms with Crippen LogP contribution in [0, 0.1) is 0 Å². The molecular weight excluding hydrogens is 402 g/mol. The molecule has 0 N–H and O–H groups in total. The van der Waals surface area contributed by atoms with Crippen LogP contribution in [0.25, 0.3) is 5.69 Å². The molecule has 5 rings (SSSR count). The van der Waals surface area contributed by atoms with Crippen LogP contribution in [0.3, 0.4) is 0 Å². The summed E-state index contributed by atoms with van der Waals surface area (Å²) >= 11 is 0. The summed E-state index contributed by atoms with van der Waals surface area (Å²) in [6, 6.07) is 7.30. The number of methoxy groups -OCH3 is 3. The van der Waals surface area contributed by atoms with Gasteiger partial charge in [-0.1, -0.05) is 0 Å². The number of rotatable bonds is 5. The maximum absolute atomic E-state index is 5.80. The van der Waals surface area contributed by atoms with Crippen LogP contribution in [0.5, 0.6) is 28.7 Å². The fourth-order valence-corrected chi connectivity index (χ4v) is 4.26. The van der Waals surface area contributed by atoms with E-state index in [2.05, 4.69) is 20.4 Å². The van der Waals surface area contributed by atoms with Gasteiger partial charge < -0.3 is 23.7 Å². The summed E-state index contributed by atoms with van der Waals surface area (Å²) in [6.07, 6.45) is 0.850. The number of likely N-dealkylation sites (N-methyl/N-ethyl adjacent to an activating group) is 1. The van der Waals surface area contributed by atoms with Crippen molar-refractivity contribution >= 4 is 0 Å². The van der Waals surface area contributed by atoms with Gasteiger partial charge in [0.25, 0.3) is 0 Å². The third-order valence-electron chi connectivity index (χ3n) is 5.75. The molecule has 3 heterocycles. The Morgan fingerprint density at radius 1 is 1.06 bits per heavy atom. The Bertz CT molecular complexity index is 1130. The Hall–Kier alpha value is -3.53. The van der Waals surface area contributed by atoms with Crippen molar-refractivity contribution in [2.45, 2.75) is 12.5 Å². The molecule has 162 valence electrons. The van der Waals surface area contributed by atoms with Gasteiger partial charge in [0.05, 0.1) is 21.3 Å². The second kappa shape index (κ2) is 7.62. The molecular formula is C21H23N5O5. The van der Waals surface area contributed by atoms with E-state index in [1.165, 1.54) is 0 Å². The van der Waals surface area contributed by atoms with Crippen molar-refractivity contribution < 1.29 is 23.7 Å². The molecule has 10 nitrogen and oxygen atoms in total. The lowest BCUT2D eigenvalue weighted by Crippen LogP contribution is -2.35. The van der Waals surface area contributed by atoms with Gasteiger partial charge in [0.15, 0.2) is 17.3 Å². The zero-order chi connectivity index (χ0) is 21.5. The Labute approximate surface area is 179 Å². The Balaban J connectivity index is 1.69. The number of aromatic nitrogens is 4. The molecule has 0 saturated heterocycles. The minimum absolute atomic E-state index is 0.176. The number of tetrazole rings is 1. The van der Waals surface area contributed by atoms with E-state index in [1.54, 1.807) is 32.1 Å². The molecule has 0 spiro atoms. The Morgan fingerprint density at radius 3 is 2.71 bits per heavy atom. The normalized spacial score (nSPS) is 17.4. The number of hydrogen-bond donors (Lipinski definition) is 0. The molecule has 0 radical (unpaired) electrons. The highest BCUT2D eigenvalue weighted by Gasteiger charge is 2.38. The summed E-state index contributed by atoms with van der Waals surface area (Å²) in [4.78, 5) is 2.20. The molecule has 0 saturated carbocycles. The molecule has 10 heteroatoms. The zero-order valence-corrected chi connectivity index (χ0v) is 17.8. The van der Waals surface area contributed by atoms with Crippen LogP contribution in [0.1, 0.15) is 23.0 Å².